The maximum atomic E-state index is 5.69. The number of fused-ring (bicyclic) bond motifs is 1. The molecule has 0 saturated heterocycles. The molecule has 1 aromatic carbocycles. The summed E-state index contributed by atoms with van der Waals surface area (Å²) in [6.07, 6.45) is 1.87. The summed E-state index contributed by atoms with van der Waals surface area (Å²) in [5, 5.41) is 1.20. The summed E-state index contributed by atoms with van der Waals surface area (Å²) in [5.74, 6) is 5.69. The van der Waals surface area contributed by atoms with E-state index in [1.165, 1.54) is 10.9 Å². The molecule has 2 aromatic rings. The number of rotatable bonds is 0. The van der Waals surface area contributed by atoms with Gasteiger partial charge in [-0.05, 0) is 18.6 Å². The first kappa shape index (κ1) is 6.28. The molecular formula is C9H10N2. The first-order valence-corrected chi connectivity index (χ1v) is 3.61. The number of para-hydroxylation sites is 1. The molecule has 11 heavy (non-hydrogen) atoms. The van der Waals surface area contributed by atoms with E-state index in [2.05, 4.69) is 19.1 Å². The Morgan fingerprint density at radius 3 is 2.82 bits per heavy atom. The number of nitrogen functional groups attached to an aromatic ring is 1. The molecule has 0 atom stereocenters. The summed E-state index contributed by atoms with van der Waals surface area (Å²) in [6.45, 7) is 2.06. The average Bonchev–Trinajstić information content (AvgIpc) is 2.34. The molecular weight excluding hydrogens is 136 g/mol. The van der Waals surface area contributed by atoms with Crippen LogP contribution >= 0.6 is 0 Å². The van der Waals surface area contributed by atoms with E-state index in [1.54, 1.807) is 4.68 Å². The van der Waals surface area contributed by atoms with E-state index in [1.807, 2.05) is 18.3 Å². The third-order valence-electron chi connectivity index (χ3n) is 1.94. The lowest BCUT2D eigenvalue weighted by atomic mass is 10.2. The monoisotopic (exact) mass is 146 g/mol. The average molecular weight is 146 g/mol. The van der Waals surface area contributed by atoms with Crippen LogP contribution in [0.4, 0.5) is 0 Å². The SMILES string of the molecule is Cc1cccc2ccn(N)c12. The Hall–Kier alpha value is -1.44. The van der Waals surface area contributed by atoms with Crippen molar-refractivity contribution in [3.8, 4) is 0 Å². The van der Waals surface area contributed by atoms with Gasteiger partial charge in [0, 0.05) is 11.6 Å². The number of aryl methyl sites for hydroxylation is 1. The van der Waals surface area contributed by atoms with Crippen LogP contribution < -0.4 is 5.84 Å². The molecule has 2 N–H and O–H groups in total. The number of nitrogens with zero attached hydrogens (tertiary/aromatic N) is 1. The predicted molar refractivity (Wildman–Crippen MR) is 46.8 cm³/mol. The molecule has 0 radical (unpaired) electrons. The smallest absolute Gasteiger partial charge is 0.0719 e. The lowest BCUT2D eigenvalue weighted by Crippen LogP contribution is -2.05. The topological polar surface area (TPSA) is 30.9 Å². The van der Waals surface area contributed by atoms with Crippen LogP contribution in [0.15, 0.2) is 30.5 Å². The second-order valence-corrected chi connectivity index (χ2v) is 2.74. The fourth-order valence-electron chi connectivity index (χ4n) is 1.40. The Bertz CT molecular complexity index is 387. The minimum absolute atomic E-state index is 1.12. The van der Waals surface area contributed by atoms with Crippen molar-refractivity contribution in [3.63, 3.8) is 0 Å². The largest absolute Gasteiger partial charge is 0.339 e. The molecule has 2 heteroatoms. The van der Waals surface area contributed by atoms with Crippen LogP contribution in [-0.2, 0) is 0 Å². The van der Waals surface area contributed by atoms with Crippen LogP contribution in [0.2, 0.25) is 0 Å². The summed E-state index contributed by atoms with van der Waals surface area (Å²) >= 11 is 0. The quantitative estimate of drug-likeness (QED) is 0.563. The van der Waals surface area contributed by atoms with Gasteiger partial charge in [0.05, 0.1) is 5.52 Å². The lowest BCUT2D eigenvalue weighted by molar-refractivity contribution is 1.06. The van der Waals surface area contributed by atoms with Gasteiger partial charge in [0.15, 0.2) is 0 Å². The fraction of sp³-hybridized carbons (Fsp3) is 0.111. The number of benzene rings is 1. The number of nitrogens with two attached hydrogens (primary N) is 1. The highest BCUT2D eigenvalue weighted by atomic mass is 15.3. The molecule has 0 saturated carbocycles. The molecule has 2 rings (SSSR count). The summed E-state index contributed by atoms with van der Waals surface area (Å²) in [4.78, 5) is 0. The zero-order valence-electron chi connectivity index (χ0n) is 6.41. The molecule has 0 fully saturated rings. The van der Waals surface area contributed by atoms with E-state index in [0.29, 0.717) is 0 Å². The molecule has 0 aliphatic heterocycles. The van der Waals surface area contributed by atoms with Crippen molar-refractivity contribution in [1.82, 2.24) is 4.68 Å². The van der Waals surface area contributed by atoms with Gasteiger partial charge >= 0.3 is 0 Å². The standard InChI is InChI=1S/C9H10N2/c1-7-3-2-4-8-5-6-11(10)9(7)8/h2-6H,10H2,1H3. The van der Waals surface area contributed by atoms with E-state index < -0.39 is 0 Å². The van der Waals surface area contributed by atoms with E-state index in [9.17, 15) is 0 Å². The summed E-state index contributed by atoms with van der Waals surface area (Å²) in [7, 11) is 0. The van der Waals surface area contributed by atoms with Gasteiger partial charge < -0.3 is 5.84 Å². The van der Waals surface area contributed by atoms with Crippen molar-refractivity contribution in [2.75, 3.05) is 5.84 Å². The van der Waals surface area contributed by atoms with Crippen LogP contribution in [0, 0.1) is 6.92 Å². The van der Waals surface area contributed by atoms with Crippen molar-refractivity contribution < 1.29 is 0 Å². The first-order valence-electron chi connectivity index (χ1n) is 3.61. The summed E-state index contributed by atoms with van der Waals surface area (Å²) < 4.78 is 1.66. The van der Waals surface area contributed by atoms with E-state index in [-0.39, 0.29) is 0 Å². The fourth-order valence-corrected chi connectivity index (χ4v) is 1.40. The third-order valence-corrected chi connectivity index (χ3v) is 1.94. The zero-order chi connectivity index (χ0) is 7.84. The highest BCUT2D eigenvalue weighted by Crippen LogP contribution is 2.16. The molecule has 2 nitrogen and oxygen atoms in total. The molecule has 0 bridgehead atoms. The highest BCUT2D eigenvalue weighted by molar-refractivity contribution is 5.83. The second kappa shape index (κ2) is 2.02. The Labute approximate surface area is 65.2 Å². The van der Waals surface area contributed by atoms with Crippen molar-refractivity contribution >= 4 is 10.9 Å². The zero-order valence-corrected chi connectivity index (χ0v) is 6.41. The molecule has 56 valence electrons. The summed E-state index contributed by atoms with van der Waals surface area (Å²) in [5.41, 5.74) is 2.34. The maximum absolute atomic E-state index is 5.69. The van der Waals surface area contributed by atoms with Crippen LogP contribution in [0.3, 0.4) is 0 Å². The second-order valence-electron chi connectivity index (χ2n) is 2.74. The van der Waals surface area contributed by atoms with Gasteiger partial charge in [-0.15, -0.1) is 0 Å². The molecule has 0 aliphatic rings. The number of hydrogen-bond acceptors (Lipinski definition) is 1. The van der Waals surface area contributed by atoms with Gasteiger partial charge in [0.25, 0.3) is 0 Å². The highest BCUT2D eigenvalue weighted by Gasteiger charge is 1.98. The van der Waals surface area contributed by atoms with Gasteiger partial charge in [-0.2, -0.15) is 0 Å². The minimum atomic E-state index is 1.12. The van der Waals surface area contributed by atoms with Crippen molar-refractivity contribution in [2.24, 2.45) is 0 Å². The Morgan fingerprint density at radius 1 is 1.27 bits per heavy atom. The van der Waals surface area contributed by atoms with E-state index >= 15 is 0 Å². The van der Waals surface area contributed by atoms with Gasteiger partial charge in [-0.1, -0.05) is 18.2 Å². The third kappa shape index (κ3) is 0.792. The van der Waals surface area contributed by atoms with Gasteiger partial charge in [0.1, 0.15) is 0 Å². The Morgan fingerprint density at radius 2 is 2.09 bits per heavy atom. The number of hydrogen-bond donors (Lipinski definition) is 1. The Balaban J connectivity index is 2.96. The summed E-state index contributed by atoms with van der Waals surface area (Å²) in [6, 6.07) is 8.18. The predicted octanol–water partition coefficient (Wildman–Crippen LogP) is 1.66. The van der Waals surface area contributed by atoms with Crippen LogP contribution in [0.25, 0.3) is 10.9 Å². The van der Waals surface area contributed by atoms with Crippen LogP contribution in [0.1, 0.15) is 5.56 Å². The minimum Gasteiger partial charge on any atom is -0.339 e. The molecule has 0 amide bonds. The molecule has 0 unspecified atom stereocenters. The molecule has 1 heterocycles. The van der Waals surface area contributed by atoms with Crippen molar-refractivity contribution in [3.05, 3.63) is 36.0 Å². The van der Waals surface area contributed by atoms with Gasteiger partial charge in [-0.25, -0.2) is 0 Å². The molecule has 0 spiro atoms. The van der Waals surface area contributed by atoms with Gasteiger partial charge in [0.2, 0.25) is 0 Å². The molecule has 0 aliphatic carbocycles. The Kier molecular flexibility index (Phi) is 1.15. The van der Waals surface area contributed by atoms with Crippen LogP contribution in [0.5, 0.6) is 0 Å². The maximum Gasteiger partial charge on any atom is 0.0719 e. The first-order chi connectivity index (χ1) is 5.29. The van der Waals surface area contributed by atoms with E-state index in [0.717, 1.165) is 5.52 Å². The lowest BCUT2D eigenvalue weighted by Gasteiger charge is -1.98. The normalized spacial score (nSPS) is 10.6. The number of aromatic nitrogens is 1. The van der Waals surface area contributed by atoms with Crippen molar-refractivity contribution in [2.45, 2.75) is 6.92 Å². The van der Waals surface area contributed by atoms with Crippen molar-refractivity contribution in [1.29, 1.82) is 0 Å². The van der Waals surface area contributed by atoms with E-state index in [4.69, 9.17) is 5.84 Å². The van der Waals surface area contributed by atoms with Gasteiger partial charge in [-0.3, -0.25) is 4.68 Å². The van der Waals surface area contributed by atoms with Crippen LogP contribution in [-0.4, -0.2) is 4.68 Å². The molecule has 1 aromatic heterocycles.